The molecule has 1 saturated heterocycles. The summed E-state index contributed by atoms with van der Waals surface area (Å²) in [6.07, 6.45) is 1.63. The molecule has 0 saturated carbocycles. The molecular weight excluding hydrogens is 344 g/mol. The lowest BCUT2D eigenvalue weighted by molar-refractivity contribution is -0.132. The van der Waals surface area contributed by atoms with Crippen LogP contribution in [0.3, 0.4) is 0 Å². The summed E-state index contributed by atoms with van der Waals surface area (Å²) in [6, 6.07) is 5.50. The van der Waals surface area contributed by atoms with Gasteiger partial charge in [-0.05, 0) is 37.0 Å². The van der Waals surface area contributed by atoms with E-state index in [1.54, 1.807) is 0 Å². The lowest BCUT2D eigenvalue weighted by atomic mass is 9.97. The van der Waals surface area contributed by atoms with Gasteiger partial charge in [-0.15, -0.1) is 0 Å². The SMILES string of the molecule is CC(C)[C@H](OC[C@@H]1CCCO1)C(=O)Nc1ccc2oc(C(C)(C)C)nc2c1. The molecule has 1 aromatic carbocycles. The summed E-state index contributed by atoms with van der Waals surface area (Å²) in [5.41, 5.74) is 1.97. The van der Waals surface area contributed by atoms with Crippen molar-refractivity contribution in [3.05, 3.63) is 24.1 Å². The largest absolute Gasteiger partial charge is 0.440 e. The molecule has 1 amide bonds. The number of fused-ring (bicyclic) bond motifs is 1. The van der Waals surface area contributed by atoms with Gasteiger partial charge in [0.1, 0.15) is 11.6 Å². The molecule has 6 heteroatoms. The maximum absolute atomic E-state index is 12.7. The molecule has 148 valence electrons. The highest BCUT2D eigenvalue weighted by Gasteiger charge is 2.26. The Labute approximate surface area is 160 Å². The highest BCUT2D eigenvalue weighted by atomic mass is 16.5. The first kappa shape index (κ1) is 19.8. The van der Waals surface area contributed by atoms with Gasteiger partial charge >= 0.3 is 0 Å². The second-order valence-electron chi connectivity index (χ2n) is 8.57. The van der Waals surface area contributed by atoms with Gasteiger partial charge in [0.15, 0.2) is 5.58 Å². The number of carbonyl (C=O) groups excluding carboxylic acids is 1. The molecule has 1 aliphatic heterocycles. The number of benzene rings is 1. The number of nitrogens with zero attached hydrogens (tertiary/aromatic N) is 1. The Balaban J connectivity index is 1.68. The number of carbonyl (C=O) groups is 1. The number of nitrogens with one attached hydrogen (secondary N) is 1. The number of rotatable bonds is 6. The third kappa shape index (κ3) is 4.87. The summed E-state index contributed by atoms with van der Waals surface area (Å²) < 4.78 is 17.3. The van der Waals surface area contributed by atoms with Crippen LogP contribution in [0.15, 0.2) is 22.6 Å². The van der Waals surface area contributed by atoms with Crippen LogP contribution in [0, 0.1) is 5.92 Å². The average Bonchev–Trinajstić information content (AvgIpc) is 3.22. The number of oxazole rings is 1. The van der Waals surface area contributed by atoms with Gasteiger partial charge in [-0.25, -0.2) is 4.98 Å². The first-order chi connectivity index (χ1) is 12.7. The Hall–Kier alpha value is -1.92. The number of amides is 1. The van der Waals surface area contributed by atoms with E-state index in [2.05, 4.69) is 31.1 Å². The molecule has 3 rings (SSSR count). The molecule has 2 atom stereocenters. The number of hydrogen-bond acceptors (Lipinski definition) is 5. The van der Waals surface area contributed by atoms with Gasteiger partial charge in [0, 0.05) is 17.7 Å². The van der Waals surface area contributed by atoms with Gasteiger partial charge in [-0.2, -0.15) is 0 Å². The lowest BCUT2D eigenvalue weighted by Crippen LogP contribution is -2.36. The minimum Gasteiger partial charge on any atom is -0.440 e. The van der Waals surface area contributed by atoms with Crippen LogP contribution in [0.5, 0.6) is 0 Å². The van der Waals surface area contributed by atoms with Crippen LogP contribution in [0.1, 0.15) is 53.4 Å². The van der Waals surface area contributed by atoms with Crippen LogP contribution < -0.4 is 5.32 Å². The van der Waals surface area contributed by atoms with E-state index in [4.69, 9.17) is 13.9 Å². The summed E-state index contributed by atoms with van der Waals surface area (Å²) in [4.78, 5) is 17.3. The first-order valence-corrected chi connectivity index (χ1v) is 9.69. The third-order valence-electron chi connectivity index (χ3n) is 4.65. The van der Waals surface area contributed by atoms with E-state index in [0.29, 0.717) is 23.8 Å². The normalized spacial score (nSPS) is 19.0. The molecule has 0 radical (unpaired) electrons. The third-order valence-corrected chi connectivity index (χ3v) is 4.65. The summed E-state index contributed by atoms with van der Waals surface area (Å²) in [5.74, 6) is 0.595. The molecule has 2 heterocycles. The van der Waals surface area contributed by atoms with Crippen molar-refractivity contribution in [2.24, 2.45) is 5.92 Å². The number of hydrogen-bond donors (Lipinski definition) is 1. The van der Waals surface area contributed by atoms with Crippen LogP contribution >= 0.6 is 0 Å². The number of aromatic nitrogens is 1. The van der Waals surface area contributed by atoms with Crippen LogP contribution in [-0.2, 0) is 19.7 Å². The fourth-order valence-electron chi connectivity index (χ4n) is 3.10. The fraction of sp³-hybridized carbons (Fsp3) is 0.619. The summed E-state index contributed by atoms with van der Waals surface area (Å²) >= 11 is 0. The van der Waals surface area contributed by atoms with E-state index in [1.165, 1.54) is 0 Å². The van der Waals surface area contributed by atoms with Gasteiger partial charge in [-0.3, -0.25) is 4.79 Å². The fourth-order valence-corrected chi connectivity index (χ4v) is 3.10. The summed E-state index contributed by atoms with van der Waals surface area (Å²) in [6.45, 7) is 11.4. The van der Waals surface area contributed by atoms with Crippen LogP contribution in [0.25, 0.3) is 11.1 Å². The Kier molecular flexibility index (Phi) is 5.86. The van der Waals surface area contributed by atoms with Crippen LogP contribution in [0.4, 0.5) is 5.69 Å². The molecule has 1 fully saturated rings. The second kappa shape index (κ2) is 7.98. The zero-order valence-corrected chi connectivity index (χ0v) is 16.9. The predicted molar refractivity (Wildman–Crippen MR) is 105 cm³/mol. The predicted octanol–water partition coefficient (Wildman–Crippen LogP) is 4.28. The molecule has 27 heavy (non-hydrogen) atoms. The van der Waals surface area contributed by atoms with E-state index in [-0.39, 0.29) is 23.3 Å². The average molecular weight is 374 g/mol. The van der Waals surface area contributed by atoms with Crippen molar-refractivity contribution in [2.75, 3.05) is 18.5 Å². The summed E-state index contributed by atoms with van der Waals surface area (Å²) in [7, 11) is 0. The summed E-state index contributed by atoms with van der Waals surface area (Å²) in [5, 5.41) is 2.95. The molecule has 0 aliphatic carbocycles. The van der Waals surface area contributed by atoms with Crippen molar-refractivity contribution < 1.29 is 18.7 Å². The second-order valence-corrected chi connectivity index (χ2v) is 8.57. The van der Waals surface area contributed by atoms with Crippen molar-refractivity contribution in [3.63, 3.8) is 0 Å². The van der Waals surface area contributed by atoms with E-state index in [0.717, 1.165) is 25.0 Å². The maximum Gasteiger partial charge on any atom is 0.253 e. The van der Waals surface area contributed by atoms with E-state index < -0.39 is 6.10 Å². The van der Waals surface area contributed by atoms with Gasteiger partial charge < -0.3 is 19.2 Å². The Morgan fingerprint density at radius 1 is 1.37 bits per heavy atom. The number of ether oxygens (including phenoxy) is 2. The standard InChI is InChI=1S/C21H30N2O4/c1-13(2)18(26-12-15-7-6-10-25-15)19(24)22-14-8-9-17-16(11-14)23-20(27-17)21(3,4)5/h8-9,11,13,15,18H,6-7,10,12H2,1-5H3,(H,22,24)/t15-,18-/m0/s1. The minimum absolute atomic E-state index is 0.0645. The quantitative estimate of drug-likeness (QED) is 0.817. The topological polar surface area (TPSA) is 73.6 Å². The molecule has 1 aromatic heterocycles. The van der Waals surface area contributed by atoms with Crippen molar-refractivity contribution >= 4 is 22.7 Å². The smallest absolute Gasteiger partial charge is 0.253 e. The molecular formula is C21H30N2O4. The molecule has 1 aliphatic rings. The molecule has 0 bridgehead atoms. The van der Waals surface area contributed by atoms with E-state index >= 15 is 0 Å². The first-order valence-electron chi connectivity index (χ1n) is 9.69. The lowest BCUT2D eigenvalue weighted by Gasteiger charge is -2.22. The zero-order chi connectivity index (χ0) is 19.6. The Morgan fingerprint density at radius 3 is 2.78 bits per heavy atom. The molecule has 6 nitrogen and oxygen atoms in total. The minimum atomic E-state index is -0.521. The van der Waals surface area contributed by atoms with Crippen molar-refractivity contribution in [3.8, 4) is 0 Å². The van der Waals surface area contributed by atoms with Crippen molar-refractivity contribution in [2.45, 2.75) is 65.1 Å². The molecule has 0 spiro atoms. The molecule has 1 N–H and O–H groups in total. The van der Waals surface area contributed by atoms with Crippen molar-refractivity contribution in [1.82, 2.24) is 4.98 Å². The van der Waals surface area contributed by atoms with Crippen LogP contribution in [0.2, 0.25) is 0 Å². The van der Waals surface area contributed by atoms with E-state index in [9.17, 15) is 4.79 Å². The zero-order valence-electron chi connectivity index (χ0n) is 16.9. The van der Waals surface area contributed by atoms with Gasteiger partial charge in [-0.1, -0.05) is 34.6 Å². The van der Waals surface area contributed by atoms with E-state index in [1.807, 2.05) is 32.0 Å². The van der Waals surface area contributed by atoms with Gasteiger partial charge in [0.25, 0.3) is 5.91 Å². The number of anilines is 1. The molecule has 2 aromatic rings. The highest BCUT2D eigenvalue weighted by molar-refractivity contribution is 5.95. The maximum atomic E-state index is 12.7. The Morgan fingerprint density at radius 2 is 2.15 bits per heavy atom. The van der Waals surface area contributed by atoms with Gasteiger partial charge in [0.05, 0.1) is 12.7 Å². The molecule has 0 unspecified atom stereocenters. The van der Waals surface area contributed by atoms with Crippen LogP contribution in [-0.4, -0.2) is 36.3 Å². The monoisotopic (exact) mass is 374 g/mol. The van der Waals surface area contributed by atoms with Gasteiger partial charge in [0.2, 0.25) is 5.89 Å². The highest BCUT2D eigenvalue weighted by Crippen LogP contribution is 2.27. The Bertz CT molecular complexity index is 785. The van der Waals surface area contributed by atoms with Crippen molar-refractivity contribution in [1.29, 1.82) is 0 Å².